The third-order valence-electron chi connectivity index (χ3n) is 4.68. The summed E-state index contributed by atoms with van der Waals surface area (Å²) in [6.07, 6.45) is 2.65. The van der Waals surface area contributed by atoms with E-state index in [1.807, 2.05) is 11.3 Å². The molecule has 2 N–H and O–H groups in total. The van der Waals surface area contributed by atoms with Gasteiger partial charge in [-0.2, -0.15) is 0 Å². The molecule has 1 saturated heterocycles. The highest BCUT2D eigenvalue weighted by molar-refractivity contribution is 7.10. The summed E-state index contributed by atoms with van der Waals surface area (Å²) in [4.78, 5) is 8.85. The molecule has 0 radical (unpaired) electrons. The van der Waals surface area contributed by atoms with Crippen LogP contribution >= 0.6 is 11.3 Å². The van der Waals surface area contributed by atoms with Crippen LogP contribution in [-0.4, -0.2) is 50.1 Å². The van der Waals surface area contributed by atoms with Crippen LogP contribution < -0.4 is 10.6 Å². The summed E-state index contributed by atoms with van der Waals surface area (Å²) in [6, 6.07) is 4.33. The van der Waals surface area contributed by atoms with Crippen LogP contribution in [0, 0.1) is 11.8 Å². The molecular weight excluding hydrogens is 328 g/mol. The first-order chi connectivity index (χ1) is 12.1. The van der Waals surface area contributed by atoms with Gasteiger partial charge in [-0.05, 0) is 49.6 Å². The Labute approximate surface area is 158 Å². The van der Waals surface area contributed by atoms with Crippen molar-refractivity contribution in [2.24, 2.45) is 16.8 Å². The fourth-order valence-electron chi connectivity index (χ4n) is 3.47. The zero-order valence-electron chi connectivity index (χ0n) is 16.4. The molecule has 2 rings (SSSR count). The van der Waals surface area contributed by atoms with E-state index in [-0.39, 0.29) is 0 Å². The van der Waals surface area contributed by atoms with E-state index in [1.54, 1.807) is 0 Å². The Morgan fingerprint density at radius 2 is 2.20 bits per heavy atom. The Morgan fingerprint density at radius 3 is 2.88 bits per heavy atom. The average molecular weight is 365 g/mol. The first-order valence-corrected chi connectivity index (χ1v) is 10.7. The van der Waals surface area contributed by atoms with Crippen molar-refractivity contribution in [3.63, 3.8) is 0 Å². The van der Waals surface area contributed by atoms with Gasteiger partial charge in [-0.25, -0.2) is 0 Å². The van der Waals surface area contributed by atoms with Crippen LogP contribution in [-0.2, 0) is 0 Å². The fourth-order valence-corrected chi connectivity index (χ4v) is 4.25. The third kappa shape index (κ3) is 7.37. The van der Waals surface area contributed by atoms with Crippen molar-refractivity contribution in [3.8, 4) is 0 Å². The number of aliphatic imine (C=N–C) groups is 1. The fraction of sp³-hybridized carbons (Fsp3) is 0.750. The topological polar surface area (TPSA) is 39.7 Å². The van der Waals surface area contributed by atoms with E-state index in [0.29, 0.717) is 5.92 Å². The van der Waals surface area contributed by atoms with Crippen molar-refractivity contribution in [1.29, 1.82) is 0 Å². The van der Waals surface area contributed by atoms with Crippen LogP contribution in [0.4, 0.5) is 0 Å². The van der Waals surface area contributed by atoms with Gasteiger partial charge in [-0.3, -0.25) is 4.99 Å². The van der Waals surface area contributed by atoms with Gasteiger partial charge < -0.3 is 15.5 Å². The molecular formula is C20H36N4S. The zero-order chi connectivity index (χ0) is 18.1. The minimum absolute atomic E-state index is 0.478. The van der Waals surface area contributed by atoms with E-state index in [4.69, 9.17) is 4.99 Å². The Bertz CT molecular complexity index is 498. The molecule has 0 aromatic carbocycles. The normalized spacial score (nSPS) is 20.7. The van der Waals surface area contributed by atoms with Gasteiger partial charge in [0.1, 0.15) is 0 Å². The van der Waals surface area contributed by atoms with Crippen molar-refractivity contribution >= 4 is 17.3 Å². The van der Waals surface area contributed by atoms with E-state index in [9.17, 15) is 0 Å². The highest BCUT2D eigenvalue weighted by Crippen LogP contribution is 2.20. The van der Waals surface area contributed by atoms with E-state index in [2.05, 4.69) is 60.7 Å². The van der Waals surface area contributed by atoms with Crippen LogP contribution in [0.15, 0.2) is 22.5 Å². The number of likely N-dealkylation sites (tertiary alicyclic amines) is 1. The van der Waals surface area contributed by atoms with E-state index < -0.39 is 0 Å². The van der Waals surface area contributed by atoms with Gasteiger partial charge in [0.25, 0.3) is 0 Å². The molecule has 2 atom stereocenters. The van der Waals surface area contributed by atoms with Crippen LogP contribution in [0.3, 0.4) is 0 Å². The van der Waals surface area contributed by atoms with Crippen LogP contribution in [0.1, 0.15) is 51.3 Å². The standard InChI is InChI=1S/C20H36N4S/c1-5-21-20(22-12-17(4)19-9-7-11-25-19)23-13-18-8-6-10-24(15-18)14-16(2)3/h7,9,11,16-18H,5-6,8,10,12-15H2,1-4H3,(H2,21,22,23). The third-order valence-corrected chi connectivity index (χ3v) is 5.78. The molecule has 4 nitrogen and oxygen atoms in total. The molecule has 25 heavy (non-hydrogen) atoms. The number of guanidine groups is 1. The monoisotopic (exact) mass is 364 g/mol. The lowest BCUT2D eigenvalue weighted by Gasteiger charge is -2.34. The van der Waals surface area contributed by atoms with Gasteiger partial charge in [0, 0.05) is 37.0 Å². The largest absolute Gasteiger partial charge is 0.357 e. The number of thiophene rings is 1. The number of nitrogens with one attached hydrogen (secondary N) is 2. The van der Waals surface area contributed by atoms with Gasteiger partial charge in [-0.15, -0.1) is 11.3 Å². The maximum Gasteiger partial charge on any atom is 0.191 e. The Hall–Kier alpha value is -1.07. The number of hydrogen-bond donors (Lipinski definition) is 2. The van der Waals surface area contributed by atoms with E-state index >= 15 is 0 Å². The lowest BCUT2D eigenvalue weighted by atomic mass is 9.97. The summed E-state index contributed by atoms with van der Waals surface area (Å²) in [5.41, 5.74) is 0. The summed E-state index contributed by atoms with van der Waals surface area (Å²) in [5.74, 6) is 2.92. The maximum atomic E-state index is 4.81. The smallest absolute Gasteiger partial charge is 0.191 e. The molecule has 142 valence electrons. The van der Waals surface area contributed by atoms with Crippen LogP contribution in [0.2, 0.25) is 0 Å². The van der Waals surface area contributed by atoms with Gasteiger partial charge in [0.15, 0.2) is 5.96 Å². The minimum atomic E-state index is 0.478. The Kier molecular flexibility index (Phi) is 8.76. The summed E-state index contributed by atoms with van der Waals surface area (Å²) < 4.78 is 0. The summed E-state index contributed by atoms with van der Waals surface area (Å²) in [6.45, 7) is 15.5. The van der Waals surface area contributed by atoms with Crippen molar-refractivity contribution < 1.29 is 0 Å². The molecule has 2 heterocycles. The Morgan fingerprint density at radius 1 is 1.36 bits per heavy atom. The molecule has 1 aliphatic heterocycles. The molecule has 5 heteroatoms. The highest BCUT2D eigenvalue weighted by atomic mass is 32.1. The van der Waals surface area contributed by atoms with Gasteiger partial charge in [-0.1, -0.05) is 26.8 Å². The average Bonchev–Trinajstić information content (AvgIpc) is 3.11. The lowest BCUT2D eigenvalue weighted by molar-refractivity contribution is 0.159. The summed E-state index contributed by atoms with van der Waals surface area (Å²) in [7, 11) is 0. The minimum Gasteiger partial charge on any atom is -0.357 e. The molecule has 2 unspecified atom stereocenters. The number of hydrogen-bond acceptors (Lipinski definition) is 3. The van der Waals surface area contributed by atoms with Crippen molar-refractivity contribution in [3.05, 3.63) is 22.4 Å². The molecule has 0 aliphatic carbocycles. The Balaban J connectivity index is 1.81. The predicted molar refractivity (Wildman–Crippen MR) is 111 cm³/mol. The number of nitrogens with zero attached hydrogens (tertiary/aromatic N) is 2. The highest BCUT2D eigenvalue weighted by Gasteiger charge is 2.20. The van der Waals surface area contributed by atoms with Gasteiger partial charge in [0.05, 0.1) is 6.54 Å². The van der Waals surface area contributed by atoms with E-state index in [1.165, 1.54) is 37.4 Å². The first-order valence-electron chi connectivity index (χ1n) is 9.86. The van der Waals surface area contributed by atoms with Crippen molar-refractivity contribution in [2.45, 2.75) is 46.5 Å². The zero-order valence-corrected chi connectivity index (χ0v) is 17.2. The summed E-state index contributed by atoms with van der Waals surface area (Å²) in [5, 5.41) is 9.12. The maximum absolute atomic E-state index is 4.81. The van der Waals surface area contributed by atoms with Gasteiger partial charge in [0.2, 0.25) is 0 Å². The van der Waals surface area contributed by atoms with E-state index in [0.717, 1.165) is 37.4 Å². The summed E-state index contributed by atoms with van der Waals surface area (Å²) >= 11 is 1.82. The molecule has 1 fully saturated rings. The SMILES string of the molecule is CCNC(=NCC(C)c1cccs1)NCC1CCCN(CC(C)C)C1. The first kappa shape index (κ1) is 20.2. The molecule has 0 spiro atoms. The van der Waals surface area contributed by atoms with Crippen molar-refractivity contribution in [1.82, 2.24) is 15.5 Å². The molecule has 1 aromatic heterocycles. The molecule has 0 amide bonds. The van der Waals surface area contributed by atoms with Crippen molar-refractivity contribution in [2.75, 3.05) is 39.3 Å². The lowest BCUT2D eigenvalue weighted by Crippen LogP contribution is -2.45. The molecule has 0 saturated carbocycles. The second-order valence-corrected chi connectivity index (χ2v) is 8.66. The predicted octanol–water partition coefficient (Wildman–Crippen LogP) is 3.77. The molecule has 0 bridgehead atoms. The van der Waals surface area contributed by atoms with Crippen LogP contribution in [0.25, 0.3) is 0 Å². The second-order valence-electron chi connectivity index (χ2n) is 7.68. The second kappa shape index (κ2) is 10.8. The quantitative estimate of drug-likeness (QED) is 0.545. The molecule has 1 aliphatic rings. The number of rotatable bonds is 8. The molecule has 1 aromatic rings. The number of piperidine rings is 1. The van der Waals surface area contributed by atoms with Crippen LogP contribution in [0.5, 0.6) is 0 Å². The van der Waals surface area contributed by atoms with Gasteiger partial charge >= 0.3 is 0 Å².